The summed E-state index contributed by atoms with van der Waals surface area (Å²) in [5, 5.41) is 3.84. The van der Waals surface area contributed by atoms with Crippen molar-refractivity contribution < 1.29 is 9.59 Å². The first-order valence-electron chi connectivity index (χ1n) is 5.82. The lowest BCUT2D eigenvalue weighted by Crippen LogP contribution is -1.90. The molecule has 0 spiro atoms. The largest absolute Gasteiger partial charge is 0.293 e. The van der Waals surface area contributed by atoms with Crippen LogP contribution >= 0.6 is 22.7 Å². The molecular weight excluding hydrogens is 264 g/mol. The van der Waals surface area contributed by atoms with Crippen LogP contribution in [0.15, 0.2) is 35.0 Å². The van der Waals surface area contributed by atoms with Gasteiger partial charge in [0.05, 0.1) is 9.75 Å². The van der Waals surface area contributed by atoms with Crippen molar-refractivity contribution in [2.75, 3.05) is 0 Å². The van der Waals surface area contributed by atoms with Crippen molar-refractivity contribution in [3.05, 3.63) is 44.8 Å². The summed E-state index contributed by atoms with van der Waals surface area (Å²) in [5.74, 6) is 0.481. The van der Waals surface area contributed by atoms with Crippen LogP contribution in [0.3, 0.4) is 0 Å². The van der Waals surface area contributed by atoms with Gasteiger partial charge in [-0.05, 0) is 22.9 Å². The summed E-state index contributed by atoms with van der Waals surface area (Å²) in [7, 11) is 0. The van der Waals surface area contributed by atoms with Crippen molar-refractivity contribution in [3.63, 3.8) is 0 Å². The molecule has 2 aromatic rings. The van der Waals surface area contributed by atoms with Crippen molar-refractivity contribution in [3.8, 4) is 0 Å². The molecule has 0 fully saturated rings. The predicted octanol–water partition coefficient (Wildman–Crippen LogP) is 4.68. The molecule has 2 rings (SSSR count). The highest BCUT2D eigenvalue weighted by Crippen LogP contribution is 2.10. The number of thiophene rings is 2. The Balaban J connectivity index is 0.000000180. The van der Waals surface area contributed by atoms with Gasteiger partial charge < -0.3 is 0 Å². The van der Waals surface area contributed by atoms with E-state index in [1.807, 2.05) is 48.9 Å². The van der Waals surface area contributed by atoms with E-state index in [1.165, 1.54) is 22.7 Å². The second-order valence-electron chi connectivity index (χ2n) is 3.51. The first kappa shape index (κ1) is 14.8. The van der Waals surface area contributed by atoms with E-state index in [4.69, 9.17) is 0 Å². The van der Waals surface area contributed by atoms with E-state index < -0.39 is 0 Å². The van der Waals surface area contributed by atoms with E-state index >= 15 is 0 Å². The van der Waals surface area contributed by atoms with Crippen LogP contribution in [0.25, 0.3) is 0 Å². The molecule has 2 nitrogen and oxygen atoms in total. The predicted molar refractivity (Wildman–Crippen MR) is 77.9 cm³/mol. The van der Waals surface area contributed by atoms with Crippen molar-refractivity contribution in [1.29, 1.82) is 0 Å². The molecule has 2 heterocycles. The Morgan fingerprint density at radius 2 is 1.28 bits per heavy atom. The van der Waals surface area contributed by atoms with Crippen LogP contribution in [-0.4, -0.2) is 11.6 Å². The fourth-order valence-electron chi connectivity index (χ4n) is 1.22. The average Bonchev–Trinajstić information content (AvgIpc) is 3.09. The van der Waals surface area contributed by atoms with Crippen molar-refractivity contribution in [2.24, 2.45) is 0 Å². The summed E-state index contributed by atoms with van der Waals surface area (Å²) in [6.45, 7) is 3.75. The topological polar surface area (TPSA) is 34.1 Å². The van der Waals surface area contributed by atoms with E-state index in [0.717, 1.165) is 9.75 Å². The zero-order valence-corrected chi connectivity index (χ0v) is 12.1. The second-order valence-corrected chi connectivity index (χ2v) is 5.40. The SMILES string of the molecule is CCC(=O)c1cccs1.CCC(=O)c1cccs1. The van der Waals surface area contributed by atoms with E-state index in [1.54, 1.807) is 0 Å². The Kier molecular flexibility index (Phi) is 6.54. The standard InChI is InChI=1S/2C7H8OS/c2*1-2-6(8)7-4-3-5-9-7/h2*3-5H,2H2,1H3. The summed E-state index contributed by atoms with van der Waals surface area (Å²) in [4.78, 5) is 23.5. The van der Waals surface area contributed by atoms with E-state index in [-0.39, 0.29) is 11.6 Å². The Hall–Kier alpha value is -1.26. The normalized spacial score (nSPS) is 9.44. The van der Waals surface area contributed by atoms with Gasteiger partial charge in [0.15, 0.2) is 11.6 Å². The number of rotatable bonds is 4. The molecule has 0 saturated heterocycles. The molecule has 0 radical (unpaired) electrons. The molecule has 0 saturated carbocycles. The quantitative estimate of drug-likeness (QED) is 0.762. The Morgan fingerprint density at radius 1 is 0.889 bits per heavy atom. The van der Waals surface area contributed by atoms with Gasteiger partial charge in [0.25, 0.3) is 0 Å². The summed E-state index contributed by atoms with van der Waals surface area (Å²) in [6, 6.07) is 7.51. The molecule has 0 aliphatic carbocycles. The zero-order chi connectivity index (χ0) is 13.4. The molecule has 0 aliphatic rings. The van der Waals surface area contributed by atoms with Crippen molar-refractivity contribution in [1.82, 2.24) is 0 Å². The third-order valence-electron chi connectivity index (χ3n) is 2.23. The van der Waals surface area contributed by atoms with Crippen LogP contribution < -0.4 is 0 Å². The third kappa shape index (κ3) is 4.55. The molecule has 0 aromatic carbocycles. The summed E-state index contributed by atoms with van der Waals surface area (Å²) < 4.78 is 0. The first-order chi connectivity index (χ1) is 8.69. The smallest absolute Gasteiger partial charge is 0.172 e. The molecule has 0 amide bonds. The Bertz CT molecular complexity index is 424. The number of hydrogen-bond donors (Lipinski definition) is 0. The average molecular weight is 280 g/mol. The van der Waals surface area contributed by atoms with Crippen molar-refractivity contribution >= 4 is 34.2 Å². The molecular formula is C14H16O2S2. The highest BCUT2D eigenvalue weighted by atomic mass is 32.1. The summed E-state index contributed by atoms with van der Waals surface area (Å²) in [5.41, 5.74) is 0. The second kappa shape index (κ2) is 7.95. The van der Waals surface area contributed by atoms with Gasteiger partial charge in [-0.3, -0.25) is 9.59 Å². The van der Waals surface area contributed by atoms with Crippen LogP contribution in [0.1, 0.15) is 46.0 Å². The van der Waals surface area contributed by atoms with Gasteiger partial charge in [0, 0.05) is 12.8 Å². The van der Waals surface area contributed by atoms with Crippen LogP contribution in [0.5, 0.6) is 0 Å². The third-order valence-corrected chi connectivity index (χ3v) is 4.06. The van der Waals surface area contributed by atoms with Gasteiger partial charge in [-0.2, -0.15) is 0 Å². The molecule has 18 heavy (non-hydrogen) atoms. The minimum Gasteiger partial charge on any atom is -0.293 e. The fraction of sp³-hybridized carbons (Fsp3) is 0.286. The highest BCUT2D eigenvalue weighted by Gasteiger charge is 2.01. The van der Waals surface area contributed by atoms with Crippen LogP contribution in [-0.2, 0) is 0 Å². The molecule has 0 N–H and O–H groups in total. The van der Waals surface area contributed by atoms with Gasteiger partial charge >= 0.3 is 0 Å². The van der Waals surface area contributed by atoms with Crippen LogP contribution in [0, 0.1) is 0 Å². The lowest BCUT2D eigenvalue weighted by molar-refractivity contribution is 0.0984. The van der Waals surface area contributed by atoms with Gasteiger partial charge in [0.1, 0.15) is 0 Å². The van der Waals surface area contributed by atoms with E-state index in [9.17, 15) is 9.59 Å². The maximum atomic E-state index is 10.9. The lowest BCUT2D eigenvalue weighted by Gasteiger charge is -1.86. The highest BCUT2D eigenvalue weighted by molar-refractivity contribution is 7.12. The van der Waals surface area contributed by atoms with Crippen LogP contribution in [0.4, 0.5) is 0 Å². The monoisotopic (exact) mass is 280 g/mol. The maximum Gasteiger partial charge on any atom is 0.172 e. The number of Topliss-reactive ketones (excluding diaryl/α,β-unsaturated/α-hetero) is 2. The zero-order valence-electron chi connectivity index (χ0n) is 10.5. The minimum atomic E-state index is 0.241. The van der Waals surface area contributed by atoms with Gasteiger partial charge in [-0.25, -0.2) is 0 Å². The first-order valence-corrected chi connectivity index (χ1v) is 7.58. The van der Waals surface area contributed by atoms with E-state index in [2.05, 4.69) is 0 Å². The summed E-state index contributed by atoms with van der Waals surface area (Å²) >= 11 is 3.01. The number of ketones is 2. The molecule has 2 aromatic heterocycles. The molecule has 96 valence electrons. The van der Waals surface area contributed by atoms with Gasteiger partial charge in [-0.1, -0.05) is 26.0 Å². The fourth-order valence-corrected chi connectivity index (χ4v) is 2.70. The number of carbonyl (C=O) groups is 2. The number of hydrogen-bond acceptors (Lipinski definition) is 4. The molecule has 0 atom stereocenters. The van der Waals surface area contributed by atoms with Crippen LogP contribution in [0.2, 0.25) is 0 Å². The minimum absolute atomic E-state index is 0.241. The molecule has 0 unspecified atom stereocenters. The Morgan fingerprint density at radius 3 is 1.50 bits per heavy atom. The summed E-state index contributed by atoms with van der Waals surface area (Å²) in [6.07, 6.45) is 1.22. The molecule has 0 bridgehead atoms. The molecule has 0 aliphatic heterocycles. The van der Waals surface area contributed by atoms with Gasteiger partial charge in [-0.15, -0.1) is 22.7 Å². The van der Waals surface area contributed by atoms with E-state index in [0.29, 0.717) is 12.8 Å². The molecule has 4 heteroatoms. The van der Waals surface area contributed by atoms with Gasteiger partial charge in [0.2, 0.25) is 0 Å². The Labute approximate surface area is 115 Å². The number of carbonyl (C=O) groups excluding carboxylic acids is 2. The lowest BCUT2D eigenvalue weighted by atomic mass is 10.3. The maximum absolute atomic E-state index is 10.9. The van der Waals surface area contributed by atoms with Crippen molar-refractivity contribution in [2.45, 2.75) is 26.7 Å².